The summed E-state index contributed by atoms with van der Waals surface area (Å²) in [5.74, 6) is 0.666. The number of rotatable bonds is 5. The molecule has 0 spiro atoms. The number of thioether (sulfide) groups is 1. The highest BCUT2D eigenvalue weighted by atomic mass is 32.2. The van der Waals surface area contributed by atoms with Crippen molar-refractivity contribution in [3.8, 4) is 0 Å². The van der Waals surface area contributed by atoms with Gasteiger partial charge in [-0.25, -0.2) is 9.97 Å². The van der Waals surface area contributed by atoms with Crippen LogP contribution in [0.5, 0.6) is 0 Å². The van der Waals surface area contributed by atoms with Crippen LogP contribution in [0.3, 0.4) is 0 Å². The molecule has 0 saturated carbocycles. The third-order valence-electron chi connectivity index (χ3n) is 2.39. The lowest BCUT2D eigenvalue weighted by molar-refractivity contribution is 0.300. The molecule has 0 radical (unpaired) electrons. The number of hydrogen-bond acceptors (Lipinski definition) is 6. The molecule has 18 heavy (non-hydrogen) atoms. The molecule has 0 aliphatic carbocycles. The van der Waals surface area contributed by atoms with E-state index in [1.54, 1.807) is 23.1 Å². The van der Waals surface area contributed by atoms with E-state index in [4.69, 9.17) is 5.11 Å². The molecule has 0 aromatic carbocycles. The fraction of sp³-hybridized carbons (Fsp3) is 0.500. The van der Waals surface area contributed by atoms with Crippen molar-refractivity contribution in [1.29, 1.82) is 0 Å². The maximum atomic E-state index is 9.17. The molecule has 98 valence electrons. The number of aliphatic hydroxyl groups is 1. The normalized spacial score (nSPS) is 12.9. The van der Waals surface area contributed by atoms with E-state index in [0.717, 1.165) is 21.8 Å². The van der Waals surface area contributed by atoms with Gasteiger partial charge in [-0.15, -0.1) is 23.1 Å². The van der Waals surface area contributed by atoms with Crippen molar-refractivity contribution in [2.45, 2.75) is 31.0 Å². The lowest BCUT2D eigenvalue weighted by atomic mass is 10.4. The van der Waals surface area contributed by atoms with Gasteiger partial charge in [-0.2, -0.15) is 0 Å². The van der Waals surface area contributed by atoms with Gasteiger partial charge in [-0.3, -0.25) is 0 Å². The van der Waals surface area contributed by atoms with Crippen LogP contribution in [0.2, 0.25) is 0 Å². The van der Waals surface area contributed by atoms with E-state index < -0.39 is 0 Å². The van der Waals surface area contributed by atoms with E-state index >= 15 is 0 Å². The summed E-state index contributed by atoms with van der Waals surface area (Å²) in [7, 11) is 0. The topological polar surface area (TPSA) is 58.0 Å². The first kappa shape index (κ1) is 13.6. The lowest BCUT2D eigenvalue weighted by Gasteiger charge is -2.09. The monoisotopic (exact) mass is 283 g/mol. The largest absolute Gasteiger partial charge is 0.395 e. The van der Waals surface area contributed by atoms with Crippen LogP contribution in [0.15, 0.2) is 11.1 Å². The minimum Gasteiger partial charge on any atom is -0.395 e. The van der Waals surface area contributed by atoms with Crippen LogP contribution in [0.1, 0.15) is 18.7 Å². The number of thiophene rings is 1. The fourth-order valence-electron chi connectivity index (χ4n) is 1.57. The van der Waals surface area contributed by atoms with Gasteiger partial charge in [0.25, 0.3) is 0 Å². The first-order valence-electron chi connectivity index (χ1n) is 5.93. The van der Waals surface area contributed by atoms with Gasteiger partial charge in [0.2, 0.25) is 5.95 Å². The van der Waals surface area contributed by atoms with Gasteiger partial charge in [0.05, 0.1) is 6.61 Å². The highest BCUT2D eigenvalue weighted by Crippen LogP contribution is 2.33. The third-order valence-corrected chi connectivity index (χ3v) is 4.42. The highest BCUT2D eigenvalue weighted by molar-refractivity contribution is 8.00. The van der Waals surface area contributed by atoms with E-state index in [2.05, 4.69) is 28.3 Å². The number of hydrogen-bond donors (Lipinski definition) is 2. The average molecular weight is 283 g/mol. The van der Waals surface area contributed by atoms with Gasteiger partial charge in [-0.05, 0) is 19.9 Å². The van der Waals surface area contributed by atoms with Crippen LogP contribution in [0.4, 0.5) is 5.95 Å². The molecule has 0 bridgehead atoms. The molecule has 2 aromatic rings. The molecule has 2 N–H and O–H groups in total. The molecular weight excluding hydrogens is 266 g/mol. The second-order valence-electron chi connectivity index (χ2n) is 4.07. The third kappa shape index (κ3) is 2.93. The van der Waals surface area contributed by atoms with Crippen molar-refractivity contribution in [3.05, 3.63) is 10.9 Å². The number of aryl methyl sites for hydroxylation is 1. The molecule has 0 saturated heterocycles. The van der Waals surface area contributed by atoms with E-state index in [1.807, 2.05) is 13.8 Å². The predicted molar refractivity (Wildman–Crippen MR) is 78.7 cm³/mol. The zero-order valence-electron chi connectivity index (χ0n) is 10.7. The van der Waals surface area contributed by atoms with E-state index in [1.165, 1.54) is 4.88 Å². The molecule has 0 fully saturated rings. The van der Waals surface area contributed by atoms with Crippen LogP contribution in [0, 0.1) is 6.92 Å². The lowest BCUT2D eigenvalue weighted by Crippen LogP contribution is -2.05. The Labute approximate surface area is 115 Å². The van der Waals surface area contributed by atoms with Crippen molar-refractivity contribution in [2.75, 3.05) is 18.5 Å². The van der Waals surface area contributed by atoms with Crippen molar-refractivity contribution >= 4 is 39.3 Å². The van der Waals surface area contributed by atoms with Gasteiger partial charge < -0.3 is 10.4 Å². The van der Waals surface area contributed by atoms with Gasteiger partial charge in [-0.1, -0.05) is 6.92 Å². The van der Waals surface area contributed by atoms with Crippen LogP contribution in [-0.2, 0) is 0 Å². The SMILES string of the molecule is CCNc1nc(SC(C)CO)c2cc(C)sc2n1. The van der Waals surface area contributed by atoms with Crippen LogP contribution >= 0.6 is 23.1 Å². The van der Waals surface area contributed by atoms with Gasteiger partial charge in [0.1, 0.15) is 9.86 Å². The number of anilines is 1. The van der Waals surface area contributed by atoms with Crippen LogP contribution in [0.25, 0.3) is 10.2 Å². The van der Waals surface area contributed by atoms with Gasteiger partial charge in [0.15, 0.2) is 0 Å². The number of nitrogens with zero attached hydrogens (tertiary/aromatic N) is 2. The summed E-state index contributed by atoms with van der Waals surface area (Å²) in [5.41, 5.74) is 0. The summed E-state index contributed by atoms with van der Waals surface area (Å²) in [4.78, 5) is 11.3. The highest BCUT2D eigenvalue weighted by Gasteiger charge is 2.13. The Morgan fingerprint density at radius 2 is 2.28 bits per heavy atom. The predicted octanol–water partition coefficient (Wildman–Crippen LogP) is 2.90. The summed E-state index contributed by atoms with van der Waals surface area (Å²) in [6, 6.07) is 2.11. The molecule has 1 unspecified atom stereocenters. The fourth-order valence-corrected chi connectivity index (χ4v) is 3.39. The van der Waals surface area contributed by atoms with E-state index in [0.29, 0.717) is 5.95 Å². The summed E-state index contributed by atoms with van der Waals surface area (Å²) in [6.45, 7) is 7.04. The van der Waals surface area contributed by atoms with Crippen LogP contribution in [-0.4, -0.2) is 33.5 Å². The summed E-state index contributed by atoms with van der Waals surface area (Å²) in [5, 5.41) is 14.5. The second kappa shape index (κ2) is 5.86. The maximum Gasteiger partial charge on any atom is 0.225 e. The van der Waals surface area contributed by atoms with Crippen molar-refractivity contribution < 1.29 is 5.11 Å². The van der Waals surface area contributed by atoms with Crippen molar-refractivity contribution in [3.63, 3.8) is 0 Å². The van der Waals surface area contributed by atoms with E-state index in [-0.39, 0.29) is 11.9 Å². The Bertz CT molecular complexity index is 541. The van der Waals surface area contributed by atoms with Crippen molar-refractivity contribution in [1.82, 2.24) is 9.97 Å². The average Bonchev–Trinajstić information content (AvgIpc) is 2.70. The van der Waals surface area contributed by atoms with E-state index in [9.17, 15) is 0 Å². The first-order chi connectivity index (χ1) is 8.63. The molecule has 2 heterocycles. The molecule has 0 aliphatic rings. The Kier molecular flexibility index (Phi) is 4.42. The summed E-state index contributed by atoms with van der Waals surface area (Å²) < 4.78 is 0. The zero-order valence-corrected chi connectivity index (χ0v) is 12.4. The van der Waals surface area contributed by atoms with Crippen molar-refractivity contribution in [2.24, 2.45) is 0 Å². The Balaban J connectivity index is 2.46. The van der Waals surface area contributed by atoms with Gasteiger partial charge in [0, 0.05) is 22.1 Å². The minimum absolute atomic E-state index is 0.137. The minimum atomic E-state index is 0.137. The zero-order chi connectivity index (χ0) is 13.1. The molecule has 0 aliphatic heterocycles. The standard InChI is InChI=1S/C12H17N3OS2/c1-4-13-12-14-10-9(5-7(2)17-10)11(15-12)18-8(3)6-16/h5,8,16H,4,6H2,1-3H3,(H,13,14,15). The number of aromatic nitrogens is 2. The molecular formula is C12H17N3OS2. The smallest absolute Gasteiger partial charge is 0.225 e. The summed E-state index contributed by atoms with van der Waals surface area (Å²) >= 11 is 3.27. The molecule has 6 heteroatoms. The molecule has 1 atom stereocenters. The number of aliphatic hydroxyl groups excluding tert-OH is 1. The quantitative estimate of drug-likeness (QED) is 0.652. The van der Waals surface area contributed by atoms with Crippen LogP contribution < -0.4 is 5.32 Å². The van der Waals surface area contributed by atoms with Gasteiger partial charge >= 0.3 is 0 Å². The molecule has 2 aromatic heterocycles. The molecule has 0 amide bonds. The summed E-state index contributed by atoms with van der Waals surface area (Å²) in [6.07, 6.45) is 0. The number of fused-ring (bicyclic) bond motifs is 1. The second-order valence-corrected chi connectivity index (χ2v) is 6.73. The first-order valence-corrected chi connectivity index (χ1v) is 7.63. The Morgan fingerprint density at radius 1 is 1.50 bits per heavy atom. The molecule has 2 rings (SSSR count). The Morgan fingerprint density at radius 3 is 2.94 bits per heavy atom. The maximum absolute atomic E-state index is 9.17. The Hall–Kier alpha value is -0.850. The number of nitrogens with one attached hydrogen (secondary N) is 1. The molecule has 4 nitrogen and oxygen atoms in total.